The topological polar surface area (TPSA) is 52.6 Å². The molecule has 0 aromatic heterocycles. The molecule has 0 radical (unpaired) electrons. The van der Waals surface area contributed by atoms with Gasteiger partial charge in [-0.25, -0.2) is 8.42 Å². The summed E-state index contributed by atoms with van der Waals surface area (Å²) in [5.74, 6) is 0.937. The Labute approximate surface area is 132 Å². The summed E-state index contributed by atoms with van der Waals surface area (Å²) in [7, 11) is -0.472. The molecule has 0 spiro atoms. The van der Waals surface area contributed by atoms with Crippen LogP contribution >= 0.6 is 15.9 Å². The Morgan fingerprint density at radius 1 is 1.00 bits per heavy atom. The molecule has 6 heteroatoms. The molecule has 0 aliphatic carbocycles. The van der Waals surface area contributed by atoms with Crippen LogP contribution in [0.25, 0.3) is 0 Å². The molecule has 112 valence electrons. The number of ether oxygens (including phenoxy) is 2. The van der Waals surface area contributed by atoms with Crippen molar-refractivity contribution in [3.05, 3.63) is 52.5 Å². The van der Waals surface area contributed by atoms with Crippen LogP contribution in [-0.4, -0.2) is 22.6 Å². The summed E-state index contributed by atoms with van der Waals surface area (Å²) in [6, 6.07) is 11.9. The molecule has 2 aromatic rings. The van der Waals surface area contributed by atoms with E-state index in [1.807, 2.05) is 0 Å². The van der Waals surface area contributed by atoms with Crippen molar-refractivity contribution in [2.75, 3.05) is 14.2 Å². The number of halogens is 1. The molecular formula is C15H15BrO4S. The van der Waals surface area contributed by atoms with Gasteiger partial charge in [0.25, 0.3) is 0 Å². The maximum atomic E-state index is 12.6. The predicted octanol–water partition coefficient (Wildman–Crippen LogP) is 3.44. The summed E-state index contributed by atoms with van der Waals surface area (Å²) in [5.41, 5.74) is 0.692. The summed E-state index contributed by atoms with van der Waals surface area (Å²) < 4.78 is 36.0. The van der Waals surface area contributed by atoms with Crippen molar-refractivity contribution in [3.63, 3.8) is 0 Å². The van der Waals surface area contributed by atoms with Crippen molar-refractivity contribution in [1.29, 1.82) is 0 Å². The molecule has 0 amide bonds. The fourth-order valence-corrected chi connectivity index (χ4v) is 3.98. The SMILES string of the molecule is COc1ccc(CS(=O)(=O)c2cc(Br)ccc2OC)cc1. The Kier molecular flexibility index (Phi) is 4.90. The molecule has 4 nitrogen and oxygen atoms in total. The largest absolute Gasteiger partial charge is 0.497 e. The summed E-state index contributed by atoms with van der Waals surface area (Å²) in [5, 5.41) is 0. The highest BCUT2D eigenvalue weighted by Gasteiger charge is 2.20. The molecule has 0 fully saturated rings. The van der Waals surface area contributed by atoms with Gasteiger partial charge >= 0.3 is 0 Å². The number of hydrogen-bond donors (Lipinski definition) is 0. The molecular weight excluding hydrogens is 356 g/mol. The van der Waals surface area contributed by atoms with E-state index in [4.69, 9.17) is 9.47 Å². The van der Waals surface area contributed by atoms with Crippen LogP contribution in [0, 0.1) is 0 Å². The number of hydrogen-bond acceptors (Lipinski definition) is 4. The van der Waals surface area contributed by atoms with Gasteiger partial charge in [-0.05, 0) is 35.9 Å². The fourth-order valence-electron chi connectivity index (χ4n) is 1.91. The summed E-state index contributed by atoms with van der Waals surface area (Å²) in [6.07, 6.45) is 0. The van der Waals surface area contributed by atoms with Gasteiger partial charge < -0.3 is 9.47 Å². The van der Waals surface area contributed by atoms with Crippen molar-refractivity contribution in [1.82, 2.24) is 0 Å². The first-order valence-electron chi connectivity index (χ1n) is 6.15. The van der Waals surface area contributed by atoms with Gasteiger partial charge in [-0.15, -0.1) is 0 Å². The Bertz CT molecular complexity index is 724. The first-order valence-corrected chi connectivity index (χ1v) is 8.60. The minimum absolute atomic E-state index is 0.0934. The Morgan fingerprint density at radius 3 is 2.24 bits per heavy atom. The van der Waals surface area contributed by atoms with Crippen molar-refractivity contribution in [3.8, 4) is 11.5 Å². The van der Waals surface area contributed by atoms with E-state index in [0.29, 0.717) is 21.5 Å². The zero-order chi connectivity index (χ0) is 15.5. The summed E-state index contributed by atoms with van der Waals surface area (Å²) >= 11 is 3.29. The van der Waals surface area contributed by atoms with Crippen molar-refractivity contribution < 1.29 is 17.9 Å². The van der Waals surface area contributed by atoms with Crippen molar-refractivity contribution >= 4 is 25.8 Å². The molecule has 0 atom stereocenters. The zero-order valence-electron chi connectivity index (χ0n) is 11.7. The minimum Gasteiger partial charge on any atom is -0.497 e. The fraction of sp³-hybridized carbons (Fsp3) is 0.200. The zero-order valence-corrected chi connectivity index (χ0v) is 14.1. The Hall–Kier alpha value is -1.53. The van der Waals surface area contributed by atoms with Crippen LogP contribution in [-0.2, 0) is 15.6 Å². The first kappa shape index (κ1) is 15.9. The maximum Gasteiger partial charge on any atom is 0.186 e. The van der Waals surface area contributed by atoms with Gasteiger partial charge in [-0.2, -0.15) is 0 Å². The van der Waals surface area contributed by atoms with E-state index in [2.05, 4.69) is 15.9 Å². The second-order valence-electron chi connectivity index (χ2n) is 4.40. The van der Waals surface area contributed by atoms with Gasteiger partial charge in [0.05, 0.1) is 20.0 Å². The lowest BCUT2D eigenvalue weighted by Crippen LogP contribution is -2.07. The predicted molar refractivity (Wildman–Crippen MR) is 84.6 cm³/mol. The summed E-state index contributed by atoms with van der Waals surface area (Å²) in [6.45, 7) is 0. The second-order valence-corrected chi connectivity index (χ2v) is 7.28. The van der Waals surface area contributed by atoms with Crippen molar-refractivity contribution in [2.24, 2.45) is 0 Å². The van der Waals surface area contributed by atoms with Crippen LogP contribution in [0.3, 0.4) is 0 Å². The van der Waals surface area contributed by atoms with Crippen molar-refractivity contribution in [2.45, 2.75) is 10.6 Å². The molecule has 0 unspecified atom stereocenters. The van der Waals surface area contributed by atoms with Gasteiger partial charge in [0, 0.05) is 4.47 Å². The normalized spacial score (nSPS) is 11.2. The lowest BCUT2D eigenvalue weighted by molar-refractivity contribution is 0.402. The van der Waals surface area contributed by atoms with Gasteiger partial charge in [0.15, 0.2) is 9.84 Å². The third-order valence-corrected chi connectivity index (χ3v) is 5.17. The highest BCUT2D eigenvalue weighted by Crippen LogP contribution is 2.30. The van der Waals surface area contributed by atoms with Gasteiger partial charge in [0.2, 0.25) is 0 Å². The van der Waals surface area contributed by atoms with E-state index in [-0.39, 0.29) is 10.6 Å². The van der Waals surface area contributed by atoms with Gasteiger partial charge in [-0.3, -0.25) is 0 Å². The van der Waals surface area contributed by atoms with E-state index in [9.17, 15) is 8.42 Å². The van der Waals surface area contributed by atoms with E-state index >= 15 is 0 Å². The average molecular weight is 371 g/mol. The molecule has 0 bridgehead atoms. The molecule has 0 heterocycles. The number of sulfone groups is 1. The molecule has 0 saturated heterocycles. The maximum absolute atomic E-state index is 12.6. The first-order chi connectivity index (χ1) is 9.96. The van der Waals surface area contributed by atoms with Crippen LogP contribution in [0.15, 0.2) is 51.8 Å². The Morgan fingerprint density at radius 2 is 1.67 bits per heavy atom. The van der Waals surface area contributed by atoms with Crippen LogP contribution in [0.4, 0.5) is 0 Å². The number of rotatable bonds is 5. The Balaban J connectivity index is 2.35. The average Bonchev–Trinajstić information content (AvgIpc) is 2.47. The lowest BCUT2D eigenvalue weighted by atomic mass is 10.2. The number of benzene rings is 2. The second kappa shape index (κ2) is 6.49. The highest BCUT2D eigenvalue weighted by molar-refractivity contribution is 9.10. The van der Waals surface area contributed by atoms with Crippen LogP contribution < -0.4 is 9.47 Å². The third-order valence-electron chi connectivity index (χ3n) is 2.98. The van der Waals surface area contributed by atoms with Gasteiger partial charge in [0.1, 0.15) is 16.4 Å². The molecule has 0 saturated carbocycles. The molecule has 2 aromatic carbocycles. The molecule has 0 aliphatic rings. The lowest BCUT2D eigenvalue weighted by Gasteiger charge is -2.10. The van der Waals surface area contributed by atoms with E-state index in [1.165, 1.54) is 7.11 Å². The third kappa shape index (κ3) is 3.77. The number of methoxy groups -OCH3 is 2. The molecule has 0 N–H and O–H groups in total. The monoisotopic (exact) mass is 370 g/mol. The van der Waals surface area contributed by atoms with E-state index < -0.39 is 9.84 Å². The summed E-state index contributed by atoms with van der Waals surface area (Å²) in [4.78, 5) is 0.176. The molecule has 21 heavy (non-hydrogen) atoms. The smallest absolute Gasteiger partial charge is 0.186 e. The minimum atomic E-state index is -3.49. The van der Waals surface area contributed by atoms with Crippen LogP contribution in [0.5, 0.6) is 11.5 Å². The van der Waals surface area contributed by atoms with Crippen LogP contribution in [0.1, 0.15) is 5.56 Å². The quantitative estimate of drug-likeness (QED) is 0.808. The highest BCUT2D eigenvalue weighted by atomic mass is 79.9. The molecule has 2 rings (SSSR count). The van der Waals surface area contributed by atoms with Gasteiger partial charge in [-0.1, -0.05) is 28.1 Å². The molecule has 0 aliphatic heterocycles. The standard InChI is InChI=1S/C15H15BrO4S/c1-19-13-6-3-11(4-7-13)10-21(17,18)15-9-12(16)5-8-14(15)20-2/h3-9H,10H2,1-2H3. The van der Waals surface area contributed by atoms with E-state index in [0.717, 1.165) is 0 Å². The van der Waals surface area contributed by atoms with E-state index in [1.54, 1.807) is 49.6 Å². The van der Waals surface area contributed by atoms with Crippen LogP contribution in [0.2, 0.25) is 0 Å².